The maximum atomic E-state index is 4.81. The number of aromatic nitrogens is 2. The molecule has 2 heterocycles. The Morgan fingerprint density at radius 2 is 1.84 bits per heavy atom. The van der Waals surface area contributed by atoms with E-state index in [4.69, 9.17) is 4.99 Å². The summed E-state index contributed by atoms with van der Waals surface area (Å²) in [6, 6.07) is 19.1. The third kappa shape index (κ3) is 5.75. The molecule has 0 saturated carbocycles. The van der Waals surface area contributed by atoms with Crippen molar-refractivity contribution in [2.24, 2.45) is 4.99 Å². The van der Waals surface area contributed by atoms with Crippen LogP contribution in [0.15, 0.2) is 84.1 Å². The SMILES string of the molecule is CCNC(=NCc1cccc(N2CC=CC2)c1)NCc1ccccc1Cn1cccn1. The monoisotopic (exact) mass is 414 g/mol. The summed E-state index contributed by atoms with van der Waals surface area (Å²) in [6.45, 7) is 6.98. The first-order chi connectivity index (χ1) is 15.3. The summed E-state index contributed by atoms with van der Waals surface area (Å²) >= 11 is 0. The van der Waals surface area contributed by atoms with Crippen molar-refractivity contribution in [2.45, 2.75) is 26.6 Å². The van der Waals surface area contributed by atoms with Crippen LogP contribution in [0.2, 0.25) is 0 Å². The number of nitrogens with zero attached hydrogens (tertiary/aromatic N) is 4. The molecule has 0 atom stereocenters. The van der Waals surface area contributed by atoms with Gasteiger partial charge < -0.3 is 15.5 Å². The molecule has 1 aliphatic rings. The van der Waals surface area contributed by atoms with Crippen molar-refractivity contribution >= 4 is 11.6 Å². The van der Waals surface area contributed by atoms with Crippen molar-refractivity contribution in [3.05, 3.63) is 95.8 Å². The highest BCUT2D eigenvalue weighted by Gasteiger charge is 2.08. The third-order valence-corrected chi connectivity index (χ3v) is 5.31. The second-order valence-corrected chi connectivity index (χ2v) is 7.57. The highest BCUT2D eigenvalue weighted by Crippen LogP contribution is 2.19. The first-order valence-corrected chi connectivity index (χ1v) is 10.9. The van der Waals surface area contributed by atoms with E-state index in [9.17, 15) is 0 Å². The van der Waals surface area contributed by atoms with E-state index in [1.807, 2.05) is 23.1 Å². The van der Waals surface area contributed by atoms with Crippen molar-refractivity contribution in [3.8, 4) is 0 Å². The van der Waals surface area contributed by atoms with Gasteiger partial charge in [0.25, 0.3) is 0 Å². The zero-order chi connectivity index (χ0) is 21.3. The van der Waals surface area contributed by atoms with Crippen LogP contribution >= 0.6 is 0 Å². The van der Waals surface area contributed by atoms with Crippen LogP contribution in [-0.4, -0.2) is 35.4 Å². The number of nitrogens with one attached hydrogen (secondary N) is 2. The van der Waals surface area contributed by atoms with Crippen LogP contribution in [0.4, 0.5) is 5.69 Å². The Morgan fingerprint density at radius 1 is 1.00 bits per heavy atom. The zero-order valence-corrected chi connectivity index (χ0v) is 18.0. The van der Waals surface area contributed by atoms with Gasteiger partial charge in [-0.05, 0) is 41.8 Å². The Balaban J connectivity index is 1.40. The summed E-state index contributed by atoms with van der Waals surface area (Å²) < 4.78 is 1.95. The second-order valence-electron chi connectivity index (χ2n) is 7.57. The minimum absolute atomic E-state index is 0.638. The van der Waals surface area contributed by atoms with Crippen molar-refractivity contribution < 1.29 is 0 Å². The number of aliphatic imine (C=N–C) groups is 1. The quantitative estimate of drug-likeness (QED) is 0.336. The predicted octanol–water partition coefficient (Wildman–Crippen LogP) is 3.56. The highest BCUT2D eigenvalue weighted by molar-refractivity contribution is 5.79. The number of hydrogen-bond acceptors (Lipinski definition) is 3. The molecule has 0 fully saturated rings. The lowest BCUT2D eigenvalue weighted by atomic mass is 10.1. The largest absolute Gasteiger partial charge is 0.364 e. The highest BCUT2D eigenvalue weighted by atomic mass is 15.3. The van der Waals surface area contributed by atoms with Crippen LogP contribution in [0.3, 0.4) is 0 Å². The lowest BCUT2D eigenvalue weighted by Gasteiger charge is -2.18. The molecule has 1 aromatic heterocycles. The van der Waals surface area contributed by atoms with Gasteiger partial charge in [0.2, 0.25) is 0 Å². The van der Waals surface area contributed by atoms with Crippen molar-refractivity contribution in [3.63, 3.8) is 0 Å². The van der Waals surface area contributed by atoms with Gasteiger partial charge in [0.05, 0.1) is 13.1 Å². The molecule has 0 saturated heterocycles. The van der Waals surface area contributed by atoms with Crippen LogP contribution < -0.4 is 15.5 Å². The van der Waals surface area contributed by atoms with Gasteiger partial charge >= 0.3 is 0 Å². The smallest absolute Gasteiger partial charge is 0.191 e. The van der Waals surface area contributed by atoms with Crippen LogP contribution in [0.5, 0.6) is 0 Å². The molecule has 2 aromatic carbocycles. The maximum Gasteiger partial charge on any atom is 0.191 e. The fraction of sp³-hybridized carbons (Fsp3) is 0.280. The van der Waals surface area contributed by atoms with Gasteiger partial charge in [-0.15, -0.1) is 0 Å². The van der Waals surface area contributed by atoms with Crippen LogP contribution in [0.25, 0.3) is 0 Å². The molecule has 0 amide bonds. The van der Waals surface area contributed by atoms with Crippen LogP contribution in [-0.2, 0) is 19.6 Å². The summed E-state index contributed by atoms with van der Waals surface area (Å²) in [5.41, 5.74) is 4.96. The molecule has 0 bridgehead atoms. The normalized spacial score (nSPS) is 13.6. The first kappa shape index (κ1) is 20.7. The number of anilines is 1. The number of guanidine groups is 1. The van der Waals surface area contributed by atoms with Gasteiger partial charge in [0.15, 0.2) is 5.96 Å². The molecular formula is C25H30N6. The summed E-state index contributed by atoms with van der Waals surface area (Å²) in [5, 5.41) is 11.2. The van der Waals surface area contributed by atoms with E-state index in [0.717, 1.165) is 32.1 Å². The Labute approximate surface area is 184 Å². The lowest BCUT2D eigenvalue weighted by molar-refractivity contribution is 0.677. The van der Waals surface area contributed by atoms with Gasteiger partial charge in [-0.3, -0.25) is 4.68 Å². The fourth-order valence-electron chi connectivity index (χ4n) is 3.68. The molecule has 6 heteroatoms. The van der Waals surface area contributed by atoms with Gasteiger partial charge in [0.1, 0.15) is 0 Å². The number of rotatable bonds is 8. The van der Waals surface area contributed by atoms with Crippen molar-refractivity contribution in [2.75, 3.05) is 24.5 Å². The molecule has 2 N–H and O–H groups in total. The molecule has 160 valence electrons. The van der Waals surface area contributed by atoms with E-state index < -0.39 is 0 Å². The summed E-state index contributed by atoms with van der Waals surface area (Å²) in [7, 11) is 0. The average molecular weight is 415 g/mol. The Hall–Kier alpha value is -3.54. The summed E-state index contributed by atoms with van der Waals surface area (Å²) in [6.07, 6.45) is 8.22. The maximum absolute atomic E-state index is 4.81. The van der Waals surface area contributed by atoms with Crippen molar-refractivity contribution in [1.29, 1.82) is 0 Å². The molecule has 3 aromatic rings. The average Bonchev–Trinajstić information content (AvgIpc) is 3.51. The van der Waals surface area contributed by atoms with Gasteiger partial charge in [0, 0.05) is 44.3 Å². The predicted molar refractivity (Wildman–Crippen MR) is 127 cm³/mol. The third-order valence-electron chi connectivity index (χ3n) is 5.31. The number of benzene rings is 2. The fourth-order valence-corrected chi connectivity index (χ4v) is 3.68. The number of hydrogen-bond donors (Lipinski definition) is 2. The molecule has 0 unspecified atom stereocenters. The first-order valence-electron chi connectivity index (χ1n) is 10.9. The van der Waals surface area contributed by atoms with E-state index >= 15 is 0 Å². The summed E-state index contributed by atoms with van der Waals surface area (Å²) in [5.74, 6) is 0.824. The van der Waals surface area contributed by atoms with E-state index in [0.29, 0.717) is 13.1 Å². The minimum atomic E-state index is 0.638. The second kappa shape index (κ2) is 10.5. The lowest BCUT2D eigenvalue weighted by Crippen LogP contribution is -2.37. The van der Waals surface area contributed by atoms with Crippen LogP contribution in [0.1, 0.15) is 23.6 Å². The zero-order valence-electron chi connectivity index (χ0n) is 18.0. The Bertz CT molecular complexity index is 1010. The standard InChI is InChI=1S/C25H30N6/c1-2-26-25(27-18-21-9-7-12-24(17-21)30-14-5-6-15-30)28-19-22-10-3-4-11-23(22)20-31-16-8-13-29-31/h3-13,16-17H,2,14-15,18-20H2,1H3,(H2,26,27,28). The molecular weight excluding hydrogens is 384 g/mol. The van der Waals surface area contributed by atoms with Gasteiger partial charge in [-0.25, -0.2) is 4.99 Å². The Morgan fingerprint density at radius 3 is 2.61 bits per heavy atom. The van der Waals surface area contributed by atoms with E-state index in [2.05, 4.69) is 88.2 Å². The molecule has 0 spiro atoms. The van der Waals surface area contributed by atoms with E-state index in [1.165, 1.54) is 22.4 Å². The summed E-state index contributed by atoms with van der Waals surface area (Å²) in [4.78, 5) is 7.17. The molecule has 0 radical (unpaired) electrons. The molecule has 31 heavy (non-hydrogen) atoms. The molecule has 0 aliphatic carbocycles. The van der Waals surface area contributed by atoms with Gasteiger partial charge in [-0.2, -0.15) is 5.10 Å². The van der Waals surface area contributed by atoms with E-state index in [-0.39, 0.29) is 0 Å². The molecule has 1 aliphatic heterocycles. The van der Waals surface area contributed by atoms with Crippen molar-refractivity contribution in [1.82, 2.24) is 20.4 Å². The topological polar surface area (TPSA) is 57.5 Å². The molecule has 6 nitrogen and oxygen atoms in total. The van der Waals surface area contributed by atoms with E-state index in [1.54, 1.807) is 0 Å². The minimum Gasteiger partial charge on any atom is -0.364 e. The van der Waals surface area contributed by atoms with Crippen LogP contribution in [0, 0.1) is 0 Å². The van der Waals surface area contributed by atoms with Gasteiger partial charge in [-0.1, -0.05) is 48.6 Å². The molecule has 4 rings (SSSR count). The Kier molecular flexibility index (Phi) is 7.00.